The van der Waals surface area contributed by atoms with Crippen LogP contribution in [0.2, 0.25) is 0 Å². The Morgan fingerprint density at radius 3 is 2.56 bits per heavy atom. The Labute approximate surface area is 151 Å². The van der Waals surface area contributed by atoms with Crippen LogP contribution in [0.15, 0.2) is 28.4 Å². The highest BCUT2D eigenvalue weighted by Gasteiger charge is 2.19. The van der Waals surface area contributed by atoms with Crippen LogP contribution in [0, 0.1) is 6.92 Å². The average Bonchev–Trinajstić information content (AvgIpc) is 3.21. The first-order chi connectivity index (χ1) is 12.2. The normalized spacial score (nSPS) is 18.0. The predicted molar refractivity (Wildman–Crippen MR) is 97.6 cm³/mol. The molecule has 2 aromatic rings. The molecule has 2 aliphatic rings. The summed E-state index contributed by atoms with van der Waals surface area (Å²) in [5.74, 6) is 1.69. The van der Waals surface area contributed by atoms with Crippen molar-refractivity contribution in [1.82, 2.24) is 14.4 Å². The van der Waals surface area contributed by atoms with E-state index in [0.717, 1.165) is 63.0 Å². The summed E-state index contributed by atoms with van der Waals surface area (Å²) in [6.07, 6.45) is 0. The molecule has 1 aromatic heterocycles. The zero-order valence-corrected chi connectivity index (χ0v) is 15.3. The van der Waals surface area contributed by atoms with E-state index in [9.17, 15) is 4.79 Å². The second kappa shape index (κ2) is 7.19. The van der Waals surface area contributed by atoms with Crippen molar-refractivity contribution in [3.05, 3.63) is 44.5 Å². The summed E-state index contributed by atoms with van der Waals surface area (Å²) in [7, 11) is 0. The number of thiazole rings is 1. The van der Waals surface area contributed by atoms with Crippen LogP contribution in [0.1, 0.15) is 11.3 Å². The lowest BCUT2D eigenvalue weighted by Crippen LogP contribution is -2.47. The van der Waals surface area contributed by atoms with Crippen molar-refractivity contribution >= 4 is 11.3 Å². The fraction of sp³-hybridized carbons (Fsp3) is 0.500. The monoisotopic (exact) mass is 361 g/mol. The summed E-state index contributed by atoms with van der Waals surface area (Å²) in [5.41, 5.74) is 2.33. The highest BCUT2D eigenvalue weighted by Crippen LogP contribution is 2.32. The zero-order chi connectivity index (χ0) is 17.2. The average molecular weight is 361 g/mol. The minimum absolute atomic E-state index is 0.152. The third-order valence-corrected chi connectivity index (χ3v) is 5.81. The van der Waals surface area contributed by atoms with Gasteiger partial charge in [0.15, 0.2) is 11.5 Å². The van der Waals surface area contributed by atoms with Crippen molar-refractivity contribution in [2.45, 2.75) is 20.0 Å². The van der Waals surface area contributed by atoms with E-state index in [1.54, 1.807) is 0 Å². The van der Waals surface area contributed by atoms with Gasteiger partial charge in [-0.25, -0.2) is 0 Å². The first-order valence-electron chi connectivity index (χ1n) is 8.67. The summed E-state index contributed by atoms with van der Waals surface area (Å²) in [6, 6.07) is 6.20. The number of aromatic nitrogens is 1. The molecule has 0 unspecified atom stereocenters. The van der Waals surface area contributed by atoms with Gasteiger partial charge in [0.1, 0.15) is 0 Å². The Morgan fingerprint density at radius 2 is 1.80 bits per heavy atom. The maximum Gasteiger partial charge on any atom is 0.307 e. The Kier molecular flexibility index (Phi) is 4.78. The molecule has 6 nitrogen and oxygen atoms in total. The molecule has 1 fully saturated rings. The third-order valence-electron chi connectivity index (χ3n) is 4.92. The quantitative estimate of drug-likeness (QED) is 0.812. The second-order valence-electron chi connectivity index (χ2n) is 6.60. The van der Waals surface area contributed by atoms with Crippen molar-refractivity contribution in [3.63, 3.8) is 0 Å². The van der Waals surface area contributed by atoms with Gasteiger partial charge in [-0.1, -0.05) is 17.4 Å². The van der Waals surface area contributed by atoms with Crippen molar-refractivity contribution in [2.75, 3.05) is 39.5 Å². The molecule has 0 amide bonds. The van der Waals surface area contributed by atoms with Crippen molar-refractivity contribution in [1.29, 1.82) is 0 Å². The molecule has 0 N–H and O–H groups in total. The maximum atomic E-state index is 11.8. The van der Waals surface area contributed by atoms with Gasteiger partial charge in [0.05, 0.1) is 0 Å². The van der Waals surface area contributed by atoms with Crippen molar-refractivity contribution < 1.29 is 9.47 Å². The van der Waals surface area contributed by atoms with E-state index in [1.165, 1.54) is 16.9 Å². The molecule has 134 valence electrons. The van der Waals surface area contributed by atoms with Gasteiger partial charge in [0.25, 0.3) is 0 Å². The molecular weight excluding hydrogens is 338 g/mol. The van der Waals surface area contributed by atoms with E-state index in [1.807, 2.05) is 22.9 Å². The smallest absolute Gasteiger partial charge is 0.307 e. The number of aryl methyl sites for hydroxylation is 1. The highest BCUT2D eigenvalue weighted by atomic mass is 32.1. The molecule has 7 heteroatoms. The number of hydrogen-bond acceptors (Lipinski definition) is 6. The number of hydrogen-bond donors (Lipinski definition) is 0. The molecule has 0 aliphatic carbocycles. The lowest BCUT2D eigenvalue weighted by molar-refractivity contribution is 0.123. The number of piperazine rings is 1. The lowest BCUT2D eigenvalue weighted by atomic mass is 10.1. The summed E-state index contributed by atoms with van der Waals surface area (Å²) in [4.78, 5) is 16.8. The third kappa shape index (κ3) is 3.73. The van der Waals surface area contributed by atoms with Crippen LogP contribution in [-0.2, 0) is 13.1 Å². The summed E-state index contributed by atoms with van der Waals surface area (Å²) in [5, 5.41) is 1.94. The Morgan fingerprint density at radius 1 is 1.04 bits per heavy atom. The first-order valence-corrected chi connectivity index (χ1v) is 9.55. The number of fused-ring (bicyclic) bond motifs is 1. The van der Waals surface area contributed by atoms with Gasteiger partial charge < -0.3 is 14.0 Å². The van der Waals surface area contributed by atoms with Gasteiger partial charge in [-0.15, -0.1) is 0 Å². The first kappa shape index (κ1) is 16.6. The van der Waals surface area contributed by atoms with Gasteiger partial charge in [-0.2, -0.15) is 0 Å². The van der Waals surface area contributed by atoms with E-state index >= 15 is 0 Å². The predicted octanol–water partition coefficient (Wildman–Crippen LogP) is 1.76. The Bertz CT molecular complexity index is 793. The molecule has 3 heterocycles. The van der Waals surface area contributed by atoms with Gasteiger partial charge in [-0.3, -0.25) is 14.6 Å². The standard InChI is InChI=1S/C18H23N3O3S/c1-14-12-25-18(22)21(14)9-8-19-4-6-20(7-5-19)11-15-2-3-16-17(10-15)24-13-23-16/h2-3,10,12H,4-9,11,13H2,1H3. The van der Waals surface area contributed by atoms with E-state index in [0.29, 0.717) is 6.79 Å². The second-order valence-corrected chi connectivity index (χ2v) is 7.42. The molecule has 0 saturated carbocycles. The molecule has 4 rings (SSSR count). The molecule has 2 aliphatic heterocycles. The summed E-state index contributed by atoms with van der Waals surface area (Å²) >= 11 is 1.29. The van der Waals surface area contributed by atoms with Crippen LogP contribution in [0.4, 0.5) is 0 Å². The lowest BCUT2D eigenvalue weighted by Gasteiger charge is -2.34. The van der Waals surface area contributed by atoms with E-state index in [-0.39, 0.29) is 4.87 Å². The van der Waals surface area contributed by atoms with E-state index in [4.69, 9.17) is 9.47 Å². The zero-order valence-electron chi connectivity index (χ0n) is 14.4. The molecule has 1 saturated heterocycles. The summed E-state index contributed by atoms with van der Waals surface area (Å²) in [6.45, 7) is 9.17. The number of rotatable bonds is 5. The minimum Gasteiger partial charge on any atom is -0.454 e. The van der Waals surface area contributed by atoms with Crippen LogP contribution >= 0.6 is 11.3 Å². The molecule has 0 bridgehead atoms. The van der Waals surface area contributed by atoms with Crippen LogP contribution in [0.25, 0.3) is 0 Å². The molecule has 0 atom stereocenters. The van der Waals surface area contributed by atoms with Crippen molar-refractivity contribution in [3.8, 4) is 11.5 Å². The highest BCUT2D eigenvalue weighted by molar-refractivity contribution is 7.07. The van der Waals surface area contributed by atoms with Gasteiger partial charge in [0.2, 0.25) is 6.79 Å². The van der Waals surface area contributed by atoms with Crippen molar-refractivity contribution in [2.24, 2.45) is 0 Å². The van der Waals surface area contributed by atoms with Gasteiger partial charge >= 0.3 is 4.87 Å². The number of ether oxygens (including phenoxy) is 2. The fourth-order valence-electron chi connectivity index (χ4n) is 3.38. The van der Waals surface area contributed by atoms with Crippen LogP contribution < -0.4 is 14.3 Å². The minimum atomic E-state index is 0.152. The molecule has 25 heavy (non-hydrogen) atoms. The summed E-state index contributed by atoms with van der Waals surface area (Å²) < 4.78 is 12.7. The molecule has 1 aromatic carbocycles. The van der Waals surface area contributed by atoms with Crippen LogP contribution in [0.5, 0.6) is 11.5 Å². The molecule has 0 spiro atoms. The largest absolute Gasteiger partial charge is 0.454 e. The molecular formula is C18H23N3O3S. The Balaban J connectivity index is 1.26. The van der Waals surface area contributed by atoms with E-state index < -0.39 is 0 Å². The van der Waals surface area contributed by atoms with E-state index in [2.05, 4.69) is 21.9 Å². The van der Waals surface area contributed by atoms with Crippen LogP contribution in [0.3, 0.4) is 0 Å². The molecule has 0 radical (unpaired) electrons. The maximum absolute atomic E-state index is 11.8. The topological polar surface area (TPSA) is 46.9 Å². The van der Waals surface area contributed by atoms with Crippen LogP contribution in [-0.4, -0.2) is 53.9 Å². The Hall–Kier alpha value is -1.83. The number of benzene rings is 1. The van der Waals surface area contributed by atoms with Gasteiger partial charge in [0, 0.05) is 56.9 Å². The van der Waals surface area contributed by atoms with Gasteiger partial charge in [-0.05, 0) is 24.6 Å². The number of nitrogens with zero attached hydrogens (tertiary/aromatic N) is 3. The fourth-order valence-corrected chi connectivity index (χ4v) is 4.15. The SMILES string of the molecule is Cc1csc(=O)n1CCN1CCN(Cc2ccc3c(c2)OCO3)CC1.